The summed E-state index contributed by atoms with van der Waals surface area (Å²) in [6, 6.07) is 29.4. The Hall–Kier alpha value is -4.14. The van der Waals surface area contributed by atoms with Crippen molar-refractivity contribution in [2.75, 3.05) is 17.4 Å². The van der Waals surface area contributed by atoms with Gasteiger partial charge in [0.2, 0.25) is 11.8 Å². The number of amides is 2. The van der Waals surface area contributed by atoms with Crippen LogP contribution in [0.5, 0.6) is 0 Å². The highest BCUT2D eigenvalue weighted by molar-refractivity contribution is 7.92. The van der Waals surface area contributed by atoms with E-state index in [-0.39, 0.29) is 35.4 Å². The van der Waals surface area contributed by atoms with E-state index >= 15 is 0 Å². The number of hydrogen-bond donors (Lipinski definition) is 1. The number of carbonyl (C=O) groups excluding carboxylic acids is 2. The van der Waals surface area contributed by atoms with Crippen LogP contribution in [-0.4, -0.2) is 44.3 Å². The first-order valence-electron chi connectivity index (χ1n) is 15.0. The molecule has 2 amide bonds. The van der Waals surface area contributed by atoms with E-state index in [1.54, 1.807) is 30.3 Å². The SMILES string of the molecule is Cc1ccc(S(=O)(=O)N(CC(=O)N(Cc2ccccc2)C(Cc2ccccc2)C(=O)NCC(C)C)c2ccc(C)c(Cl)c2)cc1. The van der Waals surface area contributed by atoms with Crippen molar-refractivity contribution in [2.24, 2.45) is 5.92 Å². The highest BCUT2D eigenvalue weighted by Gasteiger charge is 2.34. The number of benzene rings is 4. The minimum Gasteiger partial charge on any atom is -0.354 e. The van der Waals surface area contributed by atoms with Crippen molar-refractivity contribution in [1.29, 1.82) is 0 Å². The van der Waals surface area contributed by atoms with Gasteiger partial charge in [-0.3, -0.25) is 13.9 Å². The van der Waals surface area contributed by atoms with Gasteiger partial charge in [0.15, 0.2) is 0 Å². The van der Waals surface area contributed by atoms with Crippen LogP contribution in [0.25, 0.3) is 0 Å². The summed E-state index contributed by atoms with van der Waals surface area (Å²) in [5.41, 5.74) is 3.62. The van der Waals surface area contributed by atoms with Crippen molar-refractivity contribution in [2.45, 2.75) is 51.6 Å². The van der Waals surface area contributed by atoms with E-state index in [0.717, 1.165) is 26.6 Å². The monoisotopic (exact) mass is 645 g/mol. The highest BCUT2D eigenvalue weighted by atomic mass is 35.5. The van der Waals surface area contributed by atoms with E-state index in [1.807, 2.05) is 88.4 Å². The standard InChI is InChI=1S/C36H40ClN3O4S/c1-26(2)23-38-36(42)34(21-29-11-7-5-8-12-29)39(24-30-13-9-6-10-14-30)35(41)25-40(31-18-17-28(4)33(37)22-31)45(43,44)32-19-15-27(3)16-20-32/h5-20,22,26,34H,21,23-25H2,1-4H3,(H,38,42). The summed E-state index contributed by atoms with van der Waals surface area (Å²) < 4.78 is 29.4. The van der Waals surface area contributed by atoms with Gasteiger partial charge >= 0.3 is 0 Å². The number of hydrogen-bond acceptors (Lipinski definition) is 4. The fourth-order valence-electron chi connectivity index (χ4n) is 4.86. The van der Waals surface area contributed by atoms with E-state index in [4.69, 9.17) is 11.6 Å². The summed E-state index contributed by atoms with van der Waals surface area (Å²) in [6.07, 6.45) is 0.254. The maximum absolute atomic E-state index is 14.5. The fraction of sp³-hybridized carbons (Fsp3) is 0.278. The summed E-state index contributed by atoms with van der Waals surface area (Å²) in [4.78, 5) is 29.9. The number of aryl methyl sites for hydroxylation is 2. The van der Waals surface area contributed by atoms with Gasteiger partial charge in [0.25, 0.3) is 10.0 Å². The van der Waals surface area contributed by atoms with Crippen LogP contribution in [0.1, 0.15) is 36.1 Å². The van der Waals surface area contributed by atoms with Gasteiger partial charge < -0.3 is 10.2 Å². The van der Waals surface area contributed by atoms with E-state index in [1.165, 1.54) is 17.0 Å². The lowest BCUT2D eigenvalue weighted by atomic mass is 10.0. The quantitative estimate of drug-likeness (QED) is 0.178. The lowest BCUT2D eigenvalue weighted by Crippen LogP contribution is -2.53. The van der Waals surface area contributed by atoms with Gasteiger partial charge in [-0.25, -0.2) is 8.42 Å². The Bertz CT molecular complexity index is 1700. The third-order valence-electron chi connectivity index (χ3n) is 7.48. The first-order valence-corrected chi connectivity index (χ1v) is 16.8. The molecule has 4 aromatic rings. The highest BCUT2D eigenvalue weighted by Crippen LogP contribution is 2.29. The van der Waals surface area contributed by atoms with Crippen LogP contribution in [0.2, 0.25) is 5.02 Å². The molecule has 0 radical (unpaired) electrons. The molecule has 9 heteroatoms. The first kappa shape index (κ1) is 33.7. The maximum Gasteiger partial charge on any atom is 0.264 e. The topological polar surface area (TPSA) is 86.8 Å². The molecule has 45 heavy (non-hydrogen) atoms. The lowest BCUT2D eigenvalue weighted by Gasteiger charge is -2.34. The number of carbonyl (C=O) groups is 2. The molecule has 0 aromatic heterocycles. The summed E-state index contributed by atoms with van der Waals surface area (Å²) in [5, 5.41) is 3.38. The number of rotatable bonds is 13. The Morgan fingerprint density at radius 1 is 0.822 bits per heavy atom. The van der Waals surface area contributed by atoms with Crippen LogP contribution in [0.15, 0.2) is 108 Å². The average Bonchev–Trinajstić information content (AvgIpc) is 3.02. The van der Waals surface area contributed by atoms with Gasteiger partial charge in [-0.1, -0.05) is 110 Å². The molecule has 1 atom stereocenters. The van der Waals surface area contributed by atoms with Gasteiger partial charge in [0.05, 0.1) is 10.6 Å². The second-order valence-electron chi connectivity index (χ2n) is 11.6. The Kier molecular flexibility index (Phi) is 11.4. The van der Waals surface area contributed by atoms with E-state index in [0.29, 0.717) is 11.6 Å². The molecule has 236 valence electrons. The average molecular weight is 646 g/mol. The molecule has 1 N–H and O–H groups in total. The molecule has 4 aromatic carbocycles. The predicted molar refractivity (Wildman–Crippen MR) is 181 cm³/mol. The Balaban J connectivity index is 1.80. The molecular weight excluding hydrogens is 606 g/mol. The van der Waals surface area contributed by atoms with Crippen molar-refractivity contribution in [3.63, 3.8) is 0 Å². The van der Waals surface area contributed by atoms with Crippen LogP contribution in [-0.2, 0) is 32.6 Å². The van der Waals surface area contributed by atoms with Crippen LogP contribution in [0.4, 0.5) is 5.69 Å². The lowest BCUT2D eigenvalue weighted by molar-refractivity contribution is -0.140. The third kappa shape index (κ3) is 8.96. The molecule has 0 fully saturated rings. The molecular formula is C36H40ClN3O4S. The minimum absolute atomic E-state index is 0.0442. The zero-order chi connectivity index (χ0) is 32.6. The van der Waals surface area contributed by atoms with Crippen molar-refractivity contribution in [3.8, 4) is 0 Å². The van der Waals surface area contributed by atoms with Gasteiger partial charge in [-0.15, -0.1) is 0 Å². The molecule has 0 bridgehead atoms. The van der Waals surface area contributed by atoms with Gasteiger partial charge in [-0.2, -0.15) is 0 Å². The molecule has 0 saturated heterocycles. The summed E-state index contributed by atoms with van der Waals surface area (Å²) in [7, 11) is -4.20. The zero-order valence-corrected chi connectivity index (χ0v) is 27.7. The molecule has 0 aliphatic heterocycles. The fourth-order valence-corrected chi connectivity index (χ4v) is 6.44. The van der Waals surface area contributed by atoms with Crippen molar-refractivity contribution in [1.82, 2.24) is 10.2 Å². The number of nitrogens with zero attached hydrogens (tertiary/aromatic N) is 2. The molecule has 0 aliphatic carbocycles. The van der Waals surface area contributed by atoms with E-state index in [2.05, 4.69) is 5.32 Å². The maximum atomic E-state index is 14.5. The summed E-state index contributed by atoms with van der Waals surface area (Å²) in [5.74, 6) is -0.624. The normalized spacial score (nSPS) is 12.0. The number of sulfonamides is 1. The van der Waals surface area contributed by atoms with Gasteiger partial charge in [0.1, 0.15) is 12.6 Å². The van der Waals surface area contributed by atoms with Gasteiger partial charge in [0, 0.05) is 24.5 Å². The number of nitrogens with one attached hydrogen (secondary N) is 1. The number of anilines is 1. The summed E-state index contributed by atoms with van der Waals surface area (Å²) >= 11 is 6.45. The second kappa shape index (κ2) is 15.2. The van der Waals surface area contributed by atoms with Crippen molar-refractivity contribution in [3.05, 3.63) is 130 Å². The van der Waals surface area contributed by atoms with Crippen molar-refractivity contribution < 1.29 is 18.0 Å². The second-order valence-corrected chi connectivity index (χ2v) is 13.9. The van der Waals surface area contributed by atoms with Crippen LogP contribution < -0.4 is 9.62 Å². The number of halogens is 1. The molecule has 0 aliphatic rings. The van der Waals surface area contributed by atoms with E-state index in [9.17, 15) is 18.0 Å². The Labute approximate surface area is 271 Å². The Morgan fingerprint density at radius 3 is 2.00 bits per heavy atom. The van der Waals surface area contributed by atoms with Crippen LogP contribution in [0.3, 0.4) is 0 Å². The predicted octanol–water partition coefficient (Wildman–Crippen LogP) is 6.56. The molecule has 7 nitrogen and oxygen atoms in total. The smallest absolute Gasteiger partial charge is 0.264 e. The molecule has 1 unspecified atom stereocenters. The minimum atomic E-state index is -4.20. The molecule has 0 saturated carbocycles. The van der Waals surface area contributed by atoms with Crippen molar-refractivity contribution >= 4 is 39.1 Å². The third-order valence-corrected chi connectivity index (χ3v) is 9.68. The van der Waals surface area contributed by atoms with Gasteiger partial charge in [-0.05, 0) is 60.7 Å². The first-order chi connectivity index (χ1) is 21.5. The molecule has 0 spiro atoms. The zero-order valence-electron chi connectivity index (χ0n) is 26.1. The van der Waals surface area contributed by atoms with Crippen LogP contribution >= 0.6 is 11.6 Å². The largest absolute Gasteiger partial charge is 0.354 e. The summed E-state index contributed by atoms with van der Waals surface area (Å²) in [6.45, 7) is 7.70. The molecule has 0 heterocycles. The van der Waals surface area contributed by atoms with E-state index < -0.39 is 28.5 Å². The molecule has 4 rings (SSSR count). The van der Waals surface area contributed by atoms with Crippen LogP contribution in [0, 0.1) is 19.8 Å². The Morgan fingerprint density at radius 2 is 1.42 bits per heavy atom.